The van der Waals surface area contributed by atoms with Crippen molar-refractivity contribution in [3.8, 4) is 0 Å². The fourth-order valence-electron chi connectivity index (χ4n) is 1.82. The number of hydrogen-bond donors (Lipinski definition) is 1. The van der Waals surface area contributed by atoms with Gasteiger partial charge in [-0.2, -0.15) is 0 Å². The van der Waals surface area contributed by atoms with Crippen LogP contribution >= 0.6 is 0 Å². The number of rotatable bonds is 4. The van der Waals surface area contributed by atoms with Gasteiger partial charge in [0.15, 0.2) is 0 Å². The zero-order valence-electron chi connectivity index (χ0n) is 9.54. The van der Waals surface area contributed by atoms with Crippen molar-refractivity contribution in [3.05, 3.63) is 63.7 Å². The normalized spacial score (nSPS) is 10.6. The quantitative estimate of drug-likeness (QED) is 0.665. The highest BCUT2D eigenvalue weighted by molar-refractivity contribution is 5.35. The summed E-state index contributed by atoms with van der Waals surface area (Å²) in [7, 11) is 0. The Kier molecular flexibility index (Phi) is 3.38. The maximum absolute atomic E-state index is 13.3. The summed E-state index contributed by atoms with van der Waals surface area (Å²) in [6, 6.07) is 7.24. The van der Waals surface area contributed by atoms with Gasteiger partial charge in [0, 0.05) is 31.0 Å². The SMILES string of the molecule is NCc1cccn1Cc1cc(F)cc([N+](=O)[O-])c1. The van der Waals surface area contributed by atoms with Crippen LogP contribution in [-0.2, 0) is 13.1 Å². The van der Waals surface area contributed by atoms with E-state index in [1.807, 2.05) is 16.7 Å². The van der Waals surface area contributed by atoms with Crippen molar-refractivity contribution >= 4 is 5.69 Å². The van der Waals surface area contributed by atoms with E-state index in [-0.39, 0.29) is 5.69 Å². The van der Waals surface area contributed by atoms with E-state index in [0.717, 1.165) is 11.8 Å². The van der Waals surface area contributed by atoms with Crippen molar-refractivity contribution in [2.45, 2.75) is 13.1 Å². The predicted molar refractivity (Wildman–Crippen MR) is 64.5 cm³/mol. The van der Waals surface area contributed by atoms with Crippen molar-refractivity contribution in [2.24, 2.45) is 5.73 Å². The summed E-state index contributed by atoms with van der Waals surface area (Å²) in [5.41, 5.74) is 6.74. The number of nitrogens with zero attached hydrogens (tertiary/aromatic N) is 2. The zero-order chi connectivity index (χ0) is 13.1. The van der Waals surface area contributed by atoms with Crippen LogP contribution in [0.25, 0.3) is 0 Å². The lowest BCUT2D eigenvalue weighted by atomic mass is 10.2. The molecule has 0 bridgehead atoms. The Balaban J connectivity index is 2.32. The minimum absolute atomic E-state index is 0.244. The highest BCUT2D eigenvalue weighted by atomic mass is 19.1. The monoisotopic (exact) mass is 249 g/mol. The average Bonchev–Trinajstić information content (AvgIpc) is 2.75. The summed E-state index contributed by atoms with van der Waals surface area (Å²) < 4.78 is 15.1. The van der Waals surface area contributed by atoms with Gasteiger partial charge in [-0.3, -0.25) is 10.1 Å². The summed E-state index contributed by atoms with van der Waals surface area (Å²) in [4.78, 5) is 10.0. The molecule has 2 rings (SSSR count). The number of non-ortho nitro benzene ring substituents is 1. The van der Waals surface area contributed by atoms with E-state index < -0.39 is 10.7 Å². The van der Waals surface area contributed by atoms with Crippen LogP contribution in [0.2, 0.25) is 0 Å². The van der Waals surface area contributed by atoms with Gasteiger partial charge in [-0.15, -0.1) is 0 Å². The lowest BCUT2D eigenvalue weighted by Crippen LogP contribution is -2.07. The molecule has 1 aromatic carbocycles. The number of nitrogens with two attached hydrogens (primary N) is 1. The molecule has 0 aliphatic carbocycles. The molecule has 2 N–H and O–H groups in total. The second-order valence-corrected chi connectivity index (χ2v) is 3.91. The van der Waals surface area contributed by atoms with Crippen molar-refractivity contribution in [1.82, 2.24) is 4.57 Å². The zero-order valence-corrected chi connectivity index (χ0v) is 9.54. The number of nitro groups is 1. The molecule has 2 aromatic rings. The molecule has 0 radical (unpaired) electrons. The molecule has 18 heavy (non-hydrogen) atoms. The molecule has 5 nitrogen and oxygen atoms in total. The van der Waals surface area contributed by atoms with Crippen LogP contribution in [0.15, 0.2) is 36.5 Å². The largest absolute Gasteiger partial charge is 0.346 e. The molecule has 1 heterocycles. The Morgan fingerprint density at radius 2 is 2.17 bits per heavy atom. The predicted octanol–water partition coefficient (Wildman–Crippen LogP) is 2.04. The van der Waals surface area contributed by atoms with Crippen molar-refractivity contribution in [3.63, 3.8) is 0 Å². The Morgan fingerprint density at radius 3 is 2.83 bits per heavy atom. The van der Waals surface area contributed by atoms with E-state index >= 15 is 0 Å². The second kappa shape index (κ2) is 4.97. The topological polar surface area (TPSA) is 74.1 Å². The third-order valence-electron chi connectivity index (χ3n) is 2.64. The van der Waals surface area contributed by atoms with E-state index in [9.17, 15) is 14.5 Å². The number of nitro benzene ring substituents is 1. The molecule has 0 fully saturated rings. The van der Waals surface area contributed by atoms with E-state index in [4.69, 9.17) is 5.73 Å². The van der Waals surface area contributed by atoms with Crippen molar-refractivity contribution in [1.29, 1.82) is 0 Å². The fraction of sp³-hybridized carbons (Fsp3) is 0.167. The fourth-order valence-corrected chi connectivity index (χ4v) is 1.82. The molecule has 0 amide bonds. The minimum Gasteiger partial charge on any atom is -0.346 e. The smallest absolute Gasteiger partial charge is 0.272 e. The first-order valence-corrected chi connectivity index (χ1v) is 5.38. The van der Waals surface area contributed by atoms with Crippen LogP contribution in [0.4, 0.5) is 10.1 Å². The lowest BCUT2D eigenvalue weighted by Gasteiger charge is -2.08. The highest BCUT2D eigenvalue weighted by Crippen LogP contribution is 2.17. The van der Waals surface area contributed by atoms with Gasteiger partial charge in [0.25, 0.3) is 5.69 Å². The summed E-state index contributed by atoms with van der Waals surface area (Å²) in [6.07, 6.45) is 1.80. The molecular weight excluding hydrogens is 237 g/mol. The minimum atomic E-state index is -0.611. The summed E-state index contributed by atoms with van der Waals surface area (Å²) in [5, 5.41) is 10.6. The van der Waals surface area contributed by atoms with Gasteiger partial charge in [-0.1, -0.05) is 0 Å². The van der Waals surface area contributed by atoms with Gasteiger partial charge in [0.05, 0.1) is 11.0 Å². The van der Waals surface area contributed by atoms with Gasteiger partial charge in [-0.25, -0.2) is 4.39 Å². The molecule has 1 aromatic heterocycles. The summed E-state index contributed by atoms with van der Waals surface area (Å²) >= 11 is 0. The third-order valence-corrected chi connectivity index (χ3v) is 2.64. The number of benzene rings is 1. The van der Waals surface area contributed by atoms with Crippen LogP contribution in [0.1, 0.15) is 11.3 Å². The van der Waals surface area contributed by atoms with Gasteiger partial charge >= 0.3 is 0 Å². The Hall–Kier alpha value is -2.21. The molecule has 0 aliphatic heterocycles. The lowest BCUT2D eigenvalue weighted by molar-refractivity contribution is -0.385. The first kappa shape index (κ1) is 12.3. The average molecular weight is 249 g/mol. The summed E-state index contributed by atoms with van der Waals surface area (Å²) in [6.45, 7) is 0.725. The maximum atomic E-state index is 13.3. The Bertz CT molecular complexity index is 580. The van der Waals surface area contributed by atoms with Gasteiger partial charge in [0.2, 0.25) is 0 Å². The number of halogens is 1. The standard InChI is InChI=1S/C12H12FN3O2/c13-10-4-9(5-12(6-10)16(17)18)8-15-3-1-2-11(15)7-14/h1-6H,7-8,14H2. The van der Waals surface area contributed by atoms with E-state index in [2.05, 4.69) is 0 Å². The van der Waals surface area contributed by atoms with Crippen LogP contribution < -0.4 is 5.73 Å². The Labute approximate surface area is 103 Å². The van der Waals surface area contributed by atoms with Gasteiger partial charge < -0.3 is 10.3 Å². The van der Waals surface area contributed by atoms with Crippen LogP contribution in [0, 0.1) is 15.9 Å². The first-order chi connectivity index (χ1) is 8.60. The molecule has 0 atom stereocenters. The van der Waals surface area contributed by atoms with Crippen molar-refractivity contribution < 1.29 is 9.31 Å². The molecule has 0 unspecified atom stereocenters. The molecule has 6 heteroatoms. The Morgan fingerprint density at radius 1 is 1.39 bits per heavy atom. The molecular formula is C12H12FN3O2. The van der Waals surface area contributed by atoms with Crippen LogP contribution in [0.3, 0.4) is 0 Å². The summed E-state index contributed by atoms with van der Waals surface area (Å²) in [5.74, 6) is -0.611. The molecule has 0 saturated heterocycles. The highest BCUT2D eigenvalue weighted by Gasteiger charge is 2.10. The molecule has 0 saturated carbocycles. The first-order valence-electron chi connectivity index (χ1n) is 5.38. The third kappa shape index (κ3) is 2.54. The van der Waals surface area contributed by atoms with E-state index in [0.29, 0.717) is 18.7 Å². The van der Waals surface area contributed by atoms with Crippen molar-refractivity contribution in [2.75, 3.05) is 0 Å². The molecule has 94 valence electrons. The van der Waals surface area contributed by atoms with Crippen LogP contribution in [-0.4, -0.2) is 9.49 Å². The molecule has 0 spiro atoms. The van der Waals surface area contributed by atoms with Gasteiger partial charge in [0.1, 0.15) is 5.82 Å². The van der Waals surface area contributed by atoms with E-state index in [1.54, 1.807) is 6.20 Å². The maximum Gasteiger partial charge on any atom is 0.272 e. The number of aromatic nitrogens is 1. The molecule has 0 aliphatic rings. The second-order valence-electron chi connectivity index (χ2n) is 3.91. The van der Waals surface area contributed by atoms with E-state index in [1.165, 1.54) is 12.1 Å². The van der Waals surface area contributed by atoms with Crippen LogP contribution in [0.5, 0.6) is 0 Å². The number of hydrogen-bond acceptors (Lipinski definition) is 3. The van der Waals surface area contributed by atoms with Gasteiger partial charge in [-0.05, 0) is 23.8 Å².